The molecule has 3 rings (SSSR count). The Morgan fingerprint density at radius 2 is 1.81 bits per heavy atom. The number of aromatic nitrogens is 2. The van der Waals surface area contributed by atoms with E-state index in [0.717, 1.165) is 16.3 Å². The molecule has 3 N–H and O–H groups in total. The standard InChI is InChI=1S/C17H13I3N2O5/c18-10-4-12(20)11(19)3-8(10)1-2-9-6-22(17(26)21-16(9)25)15-5-13(24)14(7-23)27-15/h3-4,6,13-15,23-24H,5,7H2,(H,21,25,26)/t13-,14-,15-/m1/s1. The molecule has 10 heteroatoms. The van der Waals surface area contributed by atoms with E-state index in [0.29, 0.717) is 0 Å². The summed E-state index contributed by atoms with van der Waals surface area (Å²) in [6.07, 6.45) is -0.961. The van der Waals surface area contributed by atoms with Crippen molar-refractivity contribution in [3.8, 4) is 11.8 Å². The van der Waals surface area contributed by atoms with Crippen molar-refractivity contribution in [1.82, 2.24) is 9.55 Å². The molecule has 0 bridgehead atoms. The minimum absolute atomic E-state index is 0.115. The summed E-state index contributed by atoms with van der Waals surface area (Å²) in [4.78, 5) is 26.5. The number of nitrogens with one attached hydrogen (secondary N) is 1. The van der Waals surface area contributed by atoms with E-state index in [1.165, 1.54) is 10.8 Å². The maximum absolute atomic E-state index is 12.1. The first-order chi connectivity index (χ1) is 12.8. The number of aliphatic hydroxyl groups is 2. The highest BCUT2D eigenvalue weighted by Gasteiger charge is 2.35. The summed E-state index contributed by atoms with van der Waals surface area (Å²) < 4.78 is 9.80. The summed E-state index contributed by atoms with van der Waals surface area (Å²) in [7, 11) is 0. The van der Waals surface area contributed by atoms with E-state index in [4.69, 9.17) is 4.74 Å². The van der Waals surface area contributed by atoms with Crippen molar-refractivity contribution < 1.29 is 14.9 Å². The van der Waals surface area contributed by atoms with Crippen molar-refractivity contribution in [2.75, 3.05) is 6.61 Å². The van der Waals surface area contributed by atoms with Crippen molar-refractivity contribution in [3.63, 3.8) is 0 Å². The van der Waals surface area contributed by atoms with Crippen molar-refractivity contribution in [2.24, 2.45) is 0 Å². The number of hydrogen-bond donors (Lipinski definition) is 3. The Morgan fingerprint density at radius 3 is 2.48 bits per heavy atom. The van der Waals surface area contributed by atoms with Crippen LogP contribution in [0.4, 0.5) is 0 Å². The highest BCUT2D eigenvalue weighted by atomic mass is 127. The van der Waals surface area contributed by atoms with Crippen LogP contribution in [-0.2, 0) is 4.74 Å². The molecule has 1 fully saturated rings. The molecule has 27 heavy (non-hydrogen) atoms. The number of benzene rings is 1. The van der Waals surface area contributed by atoms with Crippen LogP contribution >= 0.6 is 67.8 Å². The molecule has 1 aliphatic rings. The van der Waals surface area contributed by atoms with Crippen LogP contribution in [0.1, 0.15) is 23.8 Å². The van der Waals surface area contributed by atoms with Gasteiger partial charge in [0.1, 0.15) is 17.9 Å². The maximum Gasteiger partial charge on any atom is 0.330 e. The van der Waals surface area contributed by atoms with E-state index in [9.17, 15) is 19.8 Å². The van der Waals surface area contributed by atoms with Gasteiger partial charge in [0.15, 0.2) is 0 Å². The zero-order valence-electron chi connectivity index (χ0n) is 13.6. The Labute approximate surface area is 194 Å². The van der Waals surface area contributed by atoms with Gasteiger partial charge in [0.05, 0.1) is 12.7 Å². The van der Waals surface area contributed by atoms with E-state index in [1.807, 2.05) is 12.1 Å². The summed E-state index contributed by atoms with van der Waals surface area (Å²) in [5.74, 6) is 5.79. The number of halogens is 3. The molecule has 0 amide bonds. The van der Waals surface area contributed by atoms with E-state index >= 15 is 0 Å². The lowest BCUT2D eigenvalue weighted by Crippen LogP contribution is -2.33. The third-order valence-corrected chi connectivity index (χ3v) is 7.71. The van der Waals surface area contributed by atoms with Crippen LogP contribution in [0.5, 0.6) is 0 Å². The number of H-pyrrole nitrogens is 1. The molecule has 1 aromatic heterocycles. The third-order valence-electron chi connectivity index (χ3n) is 4.00. The van der Waals surface area contributed by atoms with Gasteiger partial charge in [0.25, 0.3) is 5.56 Å². The van der Waals surface area contributed by atoms with E-state index in [2.05, 4.69) is 84.6 Å². The van der Waals surface area contributed by atoms with E-state index in [-0.39, 0.29) is 18.6 Å². The number of ether oxygens (including phenoxy) is 1. The largest absolute Gasteiger partial charge is 0.394 e. The molecule has 142 valence electrons. The Morgan fingerprint density at radius 1 is 1.15 bits per heavy atom. The minimum Gasteiger partial charge on any atom is -0.394 e. The second-order valence-electron chi connectivity index (χ2n) is 5.82. The lowest BCUT2D eigenvalue weighted by molar-refractivity contribution is -0.0459. The first-order valence-corrected chi connectivity index (χ1v) is 11.0. The molecule has 7 nitrogen and oxygen atoms in total. The number of aromatic amines is 1. The molecule has 1 aromatic carbocycles. The van der Waals surface area contributed by atoms with Gasteiger partial charge in [0.2, 0.25) is 0 Å². The Balaban J connectivity index is 1.98. The Hall–Kier alpha value is -0.470. The average Bonchev–Trinajstić information content (AvgIpc) is 2.98. The van der Waals surface area contributed by atoms with Crippen LogP contribution in [0.15, 0.2) is 27.9 Å². The highest BCUT2D eigenvalue weighted by molar-refractivity contribution is 14.1. The minimum atomic E-state index is -0.885. The first kappa shape index (κ1) is 21.2. The summed E-state index contributed by atoms with van der Waals surface area (Å²) in [5, 5.41) is 19.1. The van der Waals surface area contributed by atoms with Gasteiger partial charge in [0, 0.05) is 28.9 Å². The van der Waals surface area contributed by atoms with Crippen LogP contribution in [0.3, 0.4) is 0 Å². The molecule has 1 saturated heterocycles. The van der Waals surface area contributed by atoms with Crippen molar-refractivity contribution in [3.05, 3.63) is 61.0 Å². The lowest BCUT2D eigenvalue weighted by atomic mass is 10.2. The molecule has 0 spiro atoms. The monoisotopic (exact) mass is 706 g/mol. The van der Waals surface area contributed by atoms with Crippen molar-refractivity contribution in [1.29, 1.82) is 0 Å². The van der Waals surface area contributed by atoms with Crippen LogP contribution in [0, 0.1) is 22.6 Å². The van der Waals surface area contributed by atoms with Gasteiger partial charge < -0.3 is 14.9 Å². The molecule has 0 unspecified atom stereocenters. The molecule has 0 radical (unpaired) electrons. The van der Waals surface area contributed by atoms with Crippen molar-refractivity contribution in [2.45, 2.75) is 24.9 Å². The molecule has 2 heterocycles. The molecular formula is C17H13I3N2O5. The molecule has 0 aliphatic carbocycles. The fourth-order valence-electron chi connectivity index (χ4n) is 2.59. The fraction of sp³-hybridized carbons (Fsp3) is 0.294. The van der Waals surface area contributed by atoms with E-state index in [1.54, 1.807) is 0 Å². The van der Waals surface area contributed by atoms with Gasteiger partial charge in [-0.2, -0.15) is 0 Å². The van der Waals surface area contributed by atoms with Crippen LogP contribution in [-0.4, -0.2) is 38.6 Å². The van der Waals surface area contributed by atoms with Crippen LogP contribution in [0.2, 0.25) is 0 Å². The predicted octanol–water partition coefficient (Wildman–Crippen LogP) is 1.39. The summed E-state index contributed by atoms with van der Waals surface area (Å²) in [5.41, 5.74) is -0.342. The number of hydrogen-bond acceptors (Lipinski definition) is 5. The Kier molecular flexibility index (Phi) is 7.01. The van der Waals surface area contributed by atoms with Gasteiger partial charge in [-0.25, -0.2) is 4.79 Å². The normalized spacial score (nSPS) is 21.7. The van der Waals surface area contributed by atoms with Crippen LogP contribution < -0.4 is 11.2 Å². The highest BCUT2D eigenvalue weighted by Crippen LogP contribution is 2.27. The summed E-state index contributed by atoms with van der Waals surface area (Å²) in [6.45, 7) is -0.355. The molecular weight excluding hydrogens is 693 g/mol. The smallest absolute Gasteiger partial charge is 0.330 e. The lowest BCUT2D eigenvalue weighted by Gasteiger charge is -2.14. The third kappa shape index (κ3) is 4.75. The second-order valence-corrected chi connectivity index (χ2v) is 9.31. The summed E-state index contributed by atoms with van der Waals surface area (Å²) in [6, 6.07) is 3.93. The number of rotatable bonds is 2. The zero-order valence-corrected chi connectivity index (χ0v) is 20.1. The maximum atomic E-state index is 12.1. The predicted molar refractivity (Wildman–Crippen MR) is 124 cm³/mol. The molecule has 3 atom stereocenters. The quantitative estimate of drug-likeness (QED) is 0.249. The second kappa shape index (κ2) is 8.91. The van der Waals surface area contributed by atoms with Gasteiger partial charge >= 0.3 is 5.69 Å². The topological polar surface area (TPSA) is 105 Å². The Bertz CT molecular complexity index is 1050. The average molecular weight is 706 g/mol. The van der Waals surface area contributed by atoms with Gasteiger partial charge in [-0.3, -0.25) is 14.3 Å². The summed E-state index contributed by atoms with van der Waals surface area (Å²) >= 11 is 6.64. The first-order valence-electron chi connectivity index (χ1n) is 7.76. The van der Waals surface area contributed by atoms with Crippen molar-refractivity contribution >= 4 is 67.8 Å². The molecule has 1 aliphatic heterocycles. The van der Waals surface area contributed by atoms with Gasteiger partial charge in [-0.05, 0) is 79.9 Å². The number of nitrogens with zero attached hydrogens (tertiary/aromatic N) is 1. The zero-order chi connectivity index (χ0) is 19.7. The van der Waals surface area contributed by atoms with Gasteiger partial charge in [-0.15, -0.1) is 0 Å². The molecule has 2 aromatic rings. The fourth-order valence-corrected chi connectivity index (χ4v) is 4.72. The van der Waals surface area contributed by atoms with Gasteiger partial charge in [-0.1, -0.05) is 11.8 Å². The molecule has 0 saturated carbocycles. The number of aliphatic hydroxyl groups excluding tert-OH is 2. The van der Waals surface area contributed by atoms with Crippen LogP contribution in [0.25, 0.3) is 0 Å². The SMILES string of the molecule is O=c1[nH]c(=O)n([C@H]2C[C@@H](O)[C@@H](CO)O2)cc1C#Cc1cc(I)c(I)cc1I. The van der Waals surface area contributed by atoms with E-state index < -0.39 is 29.7 Å².